The van der Waals surface area contributed by atoms with Gasteiger partial charge in [0.25, 0.3) is 0 Å². The molecule has 112 valence electrons. The zero-order chi connectivity index (χ0) is 14.0. The highest BCUT2D eigenvalue weighted by atomic mass is 35.5. The Morgan fingerprint density at radius 2 is 1.70 bits per heavy atom. The van der Waals surface area contributed by atoms with Crippen LogP contribution in [0.15, 0.2) is 18.2 Å². The van der Waals surface area contributed by atoms with E-state index < -0.39 is 5.54 Å². The molecule has 1 aliphatic rings. The lowest BCUT2D eigenvalue weighted by atomic mass is 9.96. The molecule has 0 heterocycles. The fraction of sp³-hybridized carbons (Fsp3) is 0.562. The van der Waals surface area contributed by atoms with Crippen LogP contribution < -0.4 is 11.1 Å². The summed E-state index contributed by atoms with van der Waals surface area (Å²) in [5, 5.41) is 3.07. The van der Waals surface area contributed by atoms with Gasteiger partial charge in [-0.3, -0.25) is 4.79 Å². The molecule has 20 heavy (non-hydrogen) atoms. The average molecular weight is 297 g/mol. The molecular weight excluding hydrogens is 272 g/mol. The second-order valence-electron chi connectivity index (χ2n) is 5.98. The first-order chi connectivity index (χ1) is 8.90. The number of nitrogens with two attached hydrogens (primary N) is 1. The van der Waals surface area contributed by atoms with Crippen LogP contribution in [-0.2, 0) is 4.79 Å². The summed E-state index contributed by atoms with van der Waals surface area (Å²) >= 11 is 0. The van der Waals surface area contributed by atoms with Crippen molar-refractivity contribution < 1.29 is 4.79 Å². The van der Waals surface area contributed by atoms with Gasteiger partial charge in [0.15, 0.2) is 0 Å². The lowest BCUT2D eigenvalue weighted by Crippen LogP contribution is -2.52. The first-order valence-corrected chi connectivity index (χ1v) is 7.09. The standard InChI is InChI=1S/C16H24N2O.ClH/c1-11-8-12(2)10-14(9-11)13(3)18-15(19)16(17)6-4-5-7-16;/h8-10,13H,4-7,17H2,1-3H3,(H,18,19);1H. The molecule has 3 N–H and O–H groups in total. The van der Waals surface area contributed by atoms with Crippen molar-refractivity contribution in [3.8, 4) is 0 Å². The van der Waals surface area contributed by atoms with Crippen LogP contribution in [0.5, 0.6) is 0 Å². The number of carbonyl (C=O) groups is 1. The van der Waals surface area contributed by atoms with Crippen molar-refractivity contribution in [1.82, 2.24) is 5.32 Å². The van der Waals surface area contributed by atoms with Crippen LogP contribution in [0, 0.1) is 13.8 Å². The lowest BCUT2D eigenvalue weighted by molar-refractivity contribution is -0.126. The zero-order valence-electron chi connectivity index (χ0n) is 12.5. The normalized spacial score (nSPS) is 18.2. The van der Waals surface area contributed by atoms with Crippen LogP contribution in [0.2, 0.25) is 0 Å². The number of hydrogen-bond acceptors (Lipinski definition) is 2. The number of aryl methyl sites for hydroxylation is 2. The Hall–Kier alpha value is -1.06. The number of nitrogens with one attached hydrogen (secondary N) is 1. The monoisotopic (exact) mass is 296 g/mol. The Morgan fingerprint density at radius 3 is 2.20 bits per heavy atom. The first-order valence-electron chi connectivity index (χ1n) is 7.09. The summed E-state index contributed by atoms with van der Waals surface area (Å²) in [6, 6.07) is 6.39. The number of halogens is 1. The number of carbonyl (C=O) groups excluding carboxylic acids is 1. The number of amides is 1. The molecule has 1 aromatic carbocycles. The maximum absolute atomic E-state index is 12.3. The fourth-order valence-corrected chi connectivity index (χ4v) is 2.92. The molecular formula is C16H25ClN2O. The summed E-state index contributed by atoms with van der Waals surface area (Å²) in [6.45, 7) is 6.17. The molecule has 1 atom stereocenters. The van der Waals surface area contributed by atoms with Crippen molar-refractivity contribution in [2.45, 2.75) is 58.0 Å². The maximum atomic E-state index is 12.3. The Kier molecular flexibility index (Phi) is 5.60. The van der Waals surface area contributed by atoms with Gasteiger partial charge in [0.2, 0.25) is 5.91 Å². The minimum absolute atomic E-state index is 0. The molecule has 0 radical (unpaired) electrons. The Bertz CT molecular complexity index is 461. The fourth-order valence-electron chi connectivity index (χ4n) is 2.92. The topological polar surface area (TPSA) is 55.1 Å². The summed E-state index contributed by atoms with van der Waals surface area (Å²) in [5.41, 5.74) is 9.12. The molecule has 1 saturated carbocycles. The molecule has 0 bridgehead atoms. The van der Waals surface area contributed by atoms with E-state index in [1.807, 2.05) is 6.92 Å². The highest BCUT2D eigenvalue weighted by Gasteiger charge is 2.37. The van der Waals surface area contributed by atoms with Crippen molar-refractivity contribution in [1.29, 1.82) is 0 Å². The van der Waals surface area contributed by atoms with E-state index in [1.54, 1.807) is 0 Å². The van der Waals surface area contributed by atoms with Crippen LogP contribution in [0.3, 0.4) is 0 Å². The van der Waals surface area contributed by atoms with Crippen molar-refractivity contribution >= 4 is 18.3 Å². The molecule has 1 aromatic rings. The number of rotatable bonds is 3. The van der Waals surface area contributed by atoms with E-state index >= 15 is 0 Å². The summed E-state index contributed by atoms with van der Waals surface area (Å²) in [5.74, 6) is -0.00309. The average Bonchev–Trinajstić information content (AvgIpc) is 2.76. The maximum Gasteiger partial charge on any atom is 0.240 e. The minimum atomic E-state index is -0.646. The van der Waals surface area contributed by atoms with Gasteiger partial charge in [-0.05, 0) is 39.2 Å². The van der Waals surface area contributed by atoms with Crippen molar-refractivity contribution in [2.75, 3.05) is 0 Å². The quantitative estimate of drug-likeness (QED) is 0.900. The van der Waals surface area contributed by atoms with E-state index in [9.17, 15) is 4.79 Å². The van der Waals surface area contributed by atoms with E-state index in [0.717, 1.165) is 31.2 Å². The van der Waals surface area contributed by atoms with E-state index in [-0.39, 0.29) is 24.4 Å². The third-order valence-corrected chi connectivity index (χ3v) is 4.04. The molecule has 0 aliphatic heterocycles. The highest BCUT2D eigenvalue weighted by Crippen LogP contribution is 2.28. The highest BCUT2D eigenvalue weighted by molar-refractivity contribution is 5.86. The molecule has 3 nitrogen and oxygen atoms in total. The Balaban J connectivity index is 0.00000200. The first kappa shape index (κ1) is 17.0. The second kappa shape index (κ2) is 6.59. The lowest BCUT2D eigenvalue weighted by Gasteiger charge is -2.25. The SMILES string of the molecule is Cc1cc(C)cc(C(C)NC(=O)C2(N)CCCC2)c1.Cl. The van der Waals surface area contributed by atoms with E-state index in [0.29, 0.717) is 0 Å². The van der Waals surface area contributed by atoms with Gasteiger partial charge in [0, 0.05) is 0 Å². The number of benzene rings is 1. The molecule has 0 spiro atoms. The minimum Gasteiger partial charge on any atom is -0.348 e. The predicted molar refractivity (Wildman–Crippen MR) is 85.1 cm³/mol. The van der Waals surface area contributed by atoms with Crippen LogP contribution in [0.4, 0.5) is 0 Å². The van der Waals surface area contributed by atoms with Gasteiger partial charge in [-0.2, -0.15) is 0 Å². The van der Waals surface area contributed by atoms with Crippen LogP contribution >= 0.6 is 12.4 Å². The summed E-state index contributed by atoms with van der Waals surface area (Å²) in [7, 11) is 0. The molecule has 2 rings (SSSR count). The van der Waals surface area contributed by atoms with Gasteiger partial charge in [-0.25, -0.2) is 0 Å². The summed E-state index contributed by atoms with van der Waals surface area (Å²) in [4.78, 5) is 12.3. The largest absolute Gasteiger partial charge is 0.348 e. The molecule has 4 heteroatoms. The number of hydrogen-bond donors (Lipinski definition) is 2. The molecule has 1 fully saturated rings. The van der Waals surface area contributed by atoms with Crippen molar-refractivity contribution in [2.24, 2.45) is 5.73 Å². The van der Waals surface area contributed by atoms with Crippen LogP contribution in [0.1, 0.15) is 55.3 Å². The van der Waals surface area contributed by atoms with E-state index in [4.69, 9.17) is 5.73 Å². The second-order valence-corrected chi connectivity index (χ2v) is 5.98. The van der Waals surface area contributed by atoms with Crippen LogP contribution in [-0.4, -0.2) is 11.4 Å². The van der Waals surface area contributed by atoms with Gasteiger partial charge in [0.05, 0.1) is 11.6 Å². The Morgan fingerprint density at radius 1 is 1.20 bits per heavy atom. The molecule has 1 aliphatic carbocycles. The smallest absolute Gasteiger partial charge is 0.240 e. The Labute approximate surface area is 127 Å². The molecule has 0 aromatic heterocycles. The van der Waals surface area contributed by atoms with E-state index in [1.165, 1.54) is 11.1 Å². The molecule has 0 saturated heterocycles. The van der Waals surface area contributed by atoms with Gasteiger partial charge >= 0.3 is 0 Å². The summed E-state index contributed by atoms with van der Waals surface area (Å²) < 4.78 is 0. The van der Waals surface area contributed by atoms with Crippen molar-refractivity contribution in [3.63, 3.8) is 0 Å². The van der Waals surface area contributed by atoms with Gasteiger partial charge < -0.3 is 11.1 Å². The predicted octanol–water partition coefficient (Wildman–Crippen LogP) is 3.17. The summed E-state index contributed by atoms with van der Waals surface area (Å²) in [6.07, 6.45) is 3.72. The van der Waals surface area contributed by atoms with Crippen LogP contribution in [0.25, 0.3) is 0 Å². The molecule has 1 unspecified atom stereocenters. The van der Waals surface area contributed by atoms with E-state index in [2.05, 4.69) is 37.4 Å². The zero-order valence-corrected chi connectivity index (χ0v) is 13.3. The van der Waals surface area contributed by atoms with Crippen molar-refractivity contribution in [3.05, 3.63) is 34.9 Å². The van der Waals surface area contributed by atoms with Gasteiger partial charge in [0.1, 0.15) is 0 Å². The van der Waals surface area contributed by atoms with Gasteiger partial charge in [-0.15, -0.1) is 12.4 Å². The molecule has 1 amide bonds. The van der Waals surface area contributed by atoms with Gasteiger partial charge in [-0.1, -0.05) is 42.2 Å². The third kappa shape index (κ3) is 3.74. The third-order valence-electron chi connectivity index (χ3n) is 4.04.